The molecule has 1 aromatic carbocycles. The van der Waals surface area contributed by atoms with Gasteiger partial charge in [0.15, 0.2) is 0 Å². The summed E-state index contributed by atoms with van der Waals surface area (Å²) in [4.78, 5) is 9.62. The normalized spacial score (nSPS) is 10.7. The van der Waals surface area contributed by atoms with Gasteiger partial charge in [0, 0.05) is 37.7 Å². The Morgan fingerprint density at radius 3 is 2.80 bits per heavy atom. The van der Waals surface area contributed by atoms with Gasteiger partial charge in [-0.2, -0.15) is 0 Å². The van der Waals surface area contributed by atoms with Crippen molar-refractivity contribution in [3.8, 4) is 0 Å². The second-order valence-electron chi connectivity index (χ2n) is 5.01. The van der Waals surface area contributed by atoms with Gasteiger partial charge in [-0.25, -0.2) is 4.98 Å². The molecule has 2 heterocycles. The Balaban J connectivity index is 1.74. The first-order chi connectivity index (χ1) is 9.74. The molecule has 0 spiro atoms. The Hall–Kier alpha value is -2.49. The standard InChI is InChI=1S/C16H18N4/c1-20(2)16-7-6-13(11-19-16)18-10-12-4-3-5-15-14(12)8-9-17-15/h3-9,11,17-18H,10H2,1-2H3. The molecule has 4 heteroatoms. The minimum absolute atomic E-state index is 0.790. The van der Waals surface area contributed by atoms with E-state index in [0.717, 1.165) is 18.1 Å². The highest BCUT2D eigenvalue weighted by Crippen LogP contribution is 2.19. The van der Waals surface area contributed by atoms with E-state index >= 15 is 0 Å². The number of fused-ring (bicyclic) bond motifs is 1. The third kappa shape index (κ3) is 2.45. The molecule has 3 aromatic rings. The first kappa shape index (κ1) is 12.5. The molecule has 0 radical (unpaired) electrons. The lowest BCUT2D eigenvalue weighted by molar-refractivity contribution is 1.06. The summed E-state index contributed by atoms with van der Waals surface area (Å²) in [5, 5.41) is 4.68. The molecule has 0 aliphatic rings. The monoisotopic (exact) mass is 266 g/mol. The molecule has 0 saturated heterocycles. The lowest BCUT2D eigenvalue weighted by Gasteiger charge is -2.12. The Morgan fingerprint density at radius 2 is 2.05 bits per heavy atom. The predicted molar refractivity (Wildman–Crippen MR) is 84.2 cm³/mol. The lowest BCUT2D eigenvalue weighted by Crippen LogP contribution is -2.10. The van der Waals surface area contributed by atoms with Gasteiger partial charge in [-0.1, -0.05) is 12.1 Å². The van der Waals surface area contributed by atoms with E-state index in [1.807, 2.05) is 37.5 Å². The second-order valence-corrected chi connectivity index (χ2v) is 5.01. The van der Waals surface area contributed by atoms with E-state index in [-0.39, 0.29) is 0 Å². The highest BCUT2D eigenvalue weighted by molar-refractivity contribution is 5.83. The molecule has 4 nitrogen and oxygen atoms in total. The van der Waals surface area contributed by atoms with Crippen LogP contribution in [0.25, 0.3) is 10.9 Å². The van der Waals surface area contributed by atoms with Crippen LogP contribution in [-0.2, 0) is 6.54 Å². The molecule has 0 atom stereocenters. The number of aromatic nitrogens is 2. The van der Waals surface area contributed by atoms with E-state index < -0.39 is 0 Å². The van der Waals surface area contributed by atoms with Gasteiger partial charge < -0.3 is 15.2 Å². The van der Waals surface area contributed by atoms with Crippen molar-refractivity contribution in [1.29, 1.82) is 0 Å². The SMILES string of the molecule is CN(C)c1ccc(NCc2cccc3[nH]ccc23)cn1. The Bertz CT molecular complexity index is 698. The molecule has 0 aliphatic carbocycles. The van der Waals surface area contributed by atoms with Crippen LogP contribution < -0.4 is 10.2 Å². The molecule has 2 N–H and O–H groups in total. The van der Waals surface area contributed by atoms with Crippen LogP contribution >= 0.6 is 0 Å². The quantitative estimate of drug-likeness (QED) is 0.762. The molecule has 2 aromatic heterocycles. The van der Waals surface area contributed by atoms with Crippen molar-refractivity contribution >= 4 is 22.4 Å². The zero-order chi connectivity index (χ0) is 13.9. The number of hydrogen-bond acceptors (Lipinski definition) is 3. The number of anilines is 2. The number of aromatic amines is 1. The molecular formula is C16H18N4. The molecule has 0 saturated carbocycles. The Morgan fingerprint density at radius 1 is 1.15 bits per heavy atom. The van der Waals surface area contributed by atoms with Gasteiger partial charge in [0.2, 0.25) is 0 Å². The summed E-state index contributed by atoms with van der Waals surface area (Å²) in [6, 6.07) is 12.5. The van der Waals surface area contributed by atoms with Gasteiger partial charge in [-0.3, -0.25) is 0 Å². The Labute approximate surface area is 118 Å². The minimum atomic E-state index is 0.790. The highest BCUT2D eigenvalue weighted by Gasteiger charge is 2.02. The smallest absolute Gasteiger partial charge is 0.128 e. The fourth-order valence-electron chi connectivity index (χ4n) is 2.26. The summed E-state index contributed by atoms with van der Waals surface area (Å²) >= 11 is 0. The number of hydrogen-bond donors (Lipinski definition) is 2. The first-order valence-corrected chi connectivity index (χ1v) is 6.66. The molecule has 20 heavy (non-hydrogen) atoms. The van der Waals surface area contributed by atoms with Crippen molar-refractivity contribution in [2.24, 2.45) is 0 Å². The summed E-state index contributed by atoms with van der Waals surface area (Å²) in [5.74, 6) is 0.961. The van der Waals surface area contributed by atoms with Crippen LogP contribution in [0.15, 0.2) is 48.8 Å². The molecule has 102 valence electrons. The van der Waals surface area contributed by atoms with E-state index in [1.54, 1.807) is 0 Å². The number of rotatable bonds is 4. The van der Waals surface area contributed by atoms with Crippen molar-refractivity contribution in [3.05, 3.63) is 54.4 Å². The van der Waals surface area contributed by atoms with Crippen LogP contribution in [0.4, 0.5) is 11.5 Å². The van der Waals surface area contributed by atoms with Crippen molar-refractivity contribution in [2.45, 2.75) is 6.54 Å². The fraction of sp³-hybridized carbons (Fsp3) is 0.188. The van der Waals surface area contributed by atoms with Crippen LogP contribution in [-0.4, -0.2) is 24.1 Å². The third-order valence-electron chi connectivity index (χ3n) is 3.37. The molecule has 0 fully saturated rings. The maximum absolute atomic E-state index is 4.40. The van der Waals surface area contributed by atoms with Gasteiger partial charge >= 0.3 is 0 Å². The number of nitrogens with one attached hydrogen (secondary N) is 2. The predicted octanol–water partition coefficient (Wildman–Crippen LogP) is 3.24. The van der Waals surface area contributed by atoms with E-state index in [4.69, 9.17) is 0 Å². The van der Waals surface area contributed by atoms with Gasteiger partial charge in [0.05, 0.1) is 11.9 Å². The summed E-state index contributed by atoms with van der Waals surface area (Å²) < 4.78 is 0. The summed E-state index contributed by atoms with van der Waals surface area (Å²) in [6.45, 7) is 0.790. The van der Waals surface area contributed by atoms with Gasteiger partial charge in [0.1, 0.15) is 5.82 Å². The van der Waals surface area contributed by atoms with E-state index in [0.29, 0.717) is 0 Å². The van der Waals surface area contributed by atoms with Crippen molar-refractivity contribution in [1.82, 2.24) is 9.97 Å². The van der Waals surface area contributed by atoms with Crippen LogP contribution in [0.2, 0.25) is 0 Å². The van der Waals surface area contributed by atoms with Crippen molar-refractivity contribution in [2.75, 3.05) is 24.3 Å². The highest BCUT2D eigenvalue weighted by atomic mass is 15.1. The third-order valence-corrected chi connectivity index (χ3v) is 3.37. The van der Waals surface area contributed by atoms with E-state index in [9.17, 15) is 0 Å². The van der Waals surface area contributed by atoms with Crippen molar-refractivity contribution in [3.63, 3.8) is 0 Å². The fourth-order valence-corrected chi connectivity index (χ4v) is 2.26. The number of benzene rings is 1. The zero-order valence-electron chi connectivity index (χ0n) is 11.7. The summed E-state index contributed by atoms with van der Waals surface area (Å²) in [7, 11) is 3.98. The number of H-pyrrole nitrogens is 1. The Kier molecular flexibility index (Phi) is 3.29. The van der Waals surface area contributed by atoms with Gasteiger partial charge in [-0.15, -0.1) is 0 Å². The largest absolute Gasteiger partial charge is 0.380 e. The lowest BCUT2D eigenvalue weighted by atomic mass is 10.1. The molecule has 0 unspecified atom stereocenters. The second kappa shape index (κ2) is 5.25. The van der Waals surface area contributed by atoms with Crippen molar-refractivity contribution < 1.29 is 0 Å². The molecular weight excluding hydrogens is 248 g/mol. The topological polar surface area (TPSA) is 44.0 Å². The average Bonchev–Trinajstić information content (AvgIpc) is 2.94. The number of pyridine rings is 1. The first-order valence-electron chi connectivity index (χ1n) is 6.66. The zero-order valence-corrected chi connectivity index (χ0v) is 11.7. The maximum Gasteiger partial charge on any atom is 0.128 e. The number of nitrogens with zero attached hydrogens (tertiary/aromatic N) is 2. The minimum Gasteiger partial charge on any atom is -0.380 e. The van der Waals surface area contributed by atoms with Crippen LogP contribution in [0.1, 0.15) is 5.56 Å². The van der Waals surface area contributed by atoms with Crippen LogP contribution in [0.3, 0.4) is 0 Å². The van der Waals surface area contributed by atoms with E-state index in [2.05, 4.69) is 45.6 Å². The molecule has 0 aliphatic heterocycles. The van der Waals surface area contributed by atoms with Gasteiger partial charge in [-0.05, 0) is 29.8 Å². The molecule has 0 amide bonds. The molecule has 0 bridgehead atoms. The van der Waals surface area contributed by atoms with E-state index in [1.165, 1.54) is 16.5 Å². The van der Waals surface area contributed by atoms with Crippen LogP contribution in [0.5, 0.6) is 0 Å². The average molecular weight is 266 g/mol. The molecule has 3 rings (SSSR count). The van der Waals surface area contributed by atoms with Gasteiger partial charge in [0.25, 0.3) is 0 Å². The van der Waals surface area contributed by atoms with Crippen LogP contribution in [0, 0.1) is 0 Å². The summed E-state index contributed by atoms with van der Waals surface area (Å²) in [5.41, 5.74) is 3.48. The maximum atomic E-state index is 4.40. The summed E-state index contributed by atoms with van der Waals surface area (Å²) in [6.07, 6.45) is 3.84.